The van der Waals surface area contributed by atoms with E-state index in [4.69, 9.17) is 5.73 Å². The summed E-state index contributed by atoms with van der Waals surface area (Å²) < 4.78 is 0. The Hall–Kier alpha value is -1.44. The molecule has 1 aromatic rings. The molecule has 0 aliphatic heterocycles. The van der Waals surface area contributed by atoms with E-state index in [1.807, 2.05) is 30.3 Å². The van der Waals surface area contributed by atoms with Gasteiger partial charge in [-0.1, -0.05) is 38.5 Å². The fourth-order valence-electron chi connectivity index (χ4n) is 1.23. The van der Waals surface area contributed by atoms with Crippen LogP contribution in [0, 0.1) is 5.92 Å². The van der Waals surface area contributed by atoms with Gasteiger partial charge >= 0.3 is 0 Å². The summed E-state index contributed by atoms with van der Waals surface area (Å²) in [6.07, 6.45) is 4.28. The molecular formula is C13H20N2. The van der Waals surface area contributed by atoms with Crippen molar-refractivity contribution in [2.24, 2.45) is 11.7 Å². The molecular weight excluding hydrogens is 184 g/mol. The van der Waals surface area contributed by atoms with E-state index in [0.717, 1.165) is 17.9 Å². The van der Waals surface area contributed by atoms with E-state index in [2.05, 4.69) is 25.2 Å². The zero-order chi connectivity index (χ0) is 11.1. The predicted molar refractivity (Wildman–Crippen MR) is 66.4 cm³/mol. The number of anilines is 1. The maximum atomic E-state index is 5.86. The van der Waals surface area contributed by atoms with Crippen LogP contribution in [0.3, 0.4) is 0 Å². The smallest absolute Gasteiger partial charge is 0.0963 e. The minimum atomic E-state index is 0.695. The van der Waals surface area contributed by atoms with Gasteiger partial charge in [0.25, 0.3) is 0 Å². The number of nitrogens with one attached hydrogen (secondary N) is 1. The normalized spacial score (nSPS) is 13.6. The molecule has 15 heavy (non-hydrogen) atoms. The van der Waals surface area contributed by atoms with Crippen molar-refractivity contribution < 1.29 is 0 Å². The minimum Gasteiger partial charge on any atom is -0.386 e. The van der Waals surface area contributed by atoms with E-state index in [1.165, 1.54) is 6.42 Å². The first-order valence-electron chi connectivity index (χ1n) is 5.50. The third-order valence-electron chi connectivity index (χ3n) is 2.50. The van der Waals surface area contributed by atoms with Gasteiger partial charge in [0, 0.05) is 5.69 Å². The molecule has 1 atom stereocenters. The van der Waals surface area contributed by atoms with Crippen molar-refractivity contribution in [1.29, 1.82) is 0 Å². The fraction of sp³-hybridized carbons (Fsp3) is 0.385. The molecule has 0 fully saturated rings. The Morgan fingerprint density at radius 1 is 1.40 bits per heavy atom. The second-order valence-corrected chi connectivity index (χ2v) is 3.90. The van der Waals surface area contributed by atoms with Crippen molar-refractivity contribution in [2.75, 3.05) is 5.32 Å². The molecule has 0 saturated heterocycles. The number of allylic oxidation sites excluding steroid dienone is 1. The maximum Gasteiger partial charge on any atom is 0.0963 e. The van der Waals surface area contributed by atoms with Crippen LogP contribution in [0.2, 0.25) is 0 Å². The van der Waals surface area contributed by atoms with Crippen LogP contribution in [0.1, 0.15) is 26.7 Å². The predicted octanol–water partition coefficient (Wildman–Crippen LogP) is 3.33. The Morgan fingerprint density at radius 2 is 2.07 bits per heavy atom. The summed E-state index contributed by atoms with van der Waals surface area (Å²) in [6, 6.07) is 9.98. The van der Waals surface area contributed by atoms with E-state index < -0.39 is 0 Å². The van der Waals surface area contributed by atoms with Crippen molar-refractivity contribution in [3.8, 4) is 0 Å². The molecule has 0 radical (unpaired) electrons. The number of rotatable bonds is 5. The first kappa shape index (κ1) is 11.6. The molecule has 0 heterocycles. The van der Waals surface area contributed by atoms with Gasteiger partial charge < -0.3 is 11.1 Å². The van der Waals surface area contributed by atoms with Gasteiger partial charge in [-0.15, -0.1) is 0 Å². The fourth-order valence-corrected chi connectivity index (χ4v) is 1.23. The zero-order valence-electron chi connectivity index (χ0n) is 9.53. The summed E-state index contributed by atoms with van der Waals surface area (Å²) in [6.45, 7) is 4.42. The molecule has 82 valence electrons. The van der Waals surface area contributed by atoms with Crippen molar-refractivity contribution in [1.82, 2.24) is 0 Å². The van der Waals surface area contributed by atoms with E-state index in [0.29, 0.717) is 5.92 Å². The van der Waals surface area contributed by atoms with Crippen molar-refractivity contribution in [3.05, 3.63) is 42.2 Å². The second-order valence-electron chi connectivity index (χ2n) is 3.90. The Morgan fingerprint density at radius 3 is 2.67 bits per heavy atom. The Kier molecular flexibility index (Phi) is 4.75. The second kappa shape index (κ2) is 6.12. The maximum absolute atomic E-state index is 5.86. The van der Waals surface area contributed by atoms with Gasteiger partial charge in [-0.25, -0.2) is 0 Å². The molecule has 0 spiro atoms. The average molecular weight is 204 g/mol. The molecule has 1 aromatic carbocycles. The lowest BCUT2D eigenvalue weighted by Crippen LogP contribution is -2.09. The molecule has 2 nitrogen and oxygen atoms in total. The molecule has 0 aliphatic carbocycles. The number of para-hydroxylation sites is 1. The minimum absolute atomic E-state index is 0.695. The van der Waals surface area contributed by atoms with Crippen LogP contribution in [0.5, 0.6) is 0 Å². The number of hydrogen-bond donors (Lipinski definition) is 2. The summed E-state index contributed by atoms with van der Waals surface area (Å²) in [5.74, 6) is 1.43. The lowest BCUT2D eigenvalue weighted by Gasteiger charge is -2.08. The van der Waals surface area contributed by atoms with Crippen LogP contribution in [-0.2, 0) is 0 Å². The lowest BCUT2D eigenvalue weighted by molar-refractivity contribution is 0.570. The van der Waals surface area contributed by atoms with Gasteiger partial charge in [-0.05, 0) is 30.5 Å². The van der Waals surface area contributed by atoms with Gasteiger partial charge in [0.15, 0.2) is 0 Å². The highest BCUT2D eigenvalue weighted by atomic mass is 15.0. The van der Waals surface area contributed by atoms with E-state index >= 15 is 0 Å². The van der Waals surface area contributed by atoms with Gasteiger partial charge in [0.05, 0.1) is 5.82 Å². The molecule has 0 aromatic heterocycles. The van der Waals surface area contributed by atoms with Crippen molar-refractivity contribution in [2.45, 2.75) is 26.7 Å². The van der Waals surface area contributed by atoms with E-state index in [-0.39, 0.29) is 0 Å². The zero-order valence-corrected chi connectivity index (χ0v) is 9.53. The molecule has 0 saturated carbocycles. The van der Waals surface area contributed by atoms with Crippen molar-refractivity contribution >= 4 is 5.69 Å². The van der Waals surface area contributed by atoms with Gasteiger partial charge in [0.2, 0.25) is 0 Å². The third-order valence-corrected chi connectivity index (χ3v) is 2.50. The molecule has 0 bridgehead atoms. The molecule has 2 heteroatoms. The monoisotopic (exact) mass is 204 g/mol. The summed E-state index contributed by atoms with van der Waals surface area (Å²) in [5, 5.41) is 3.16. The summed E-state index contributed by atoms with van der Waals surface area (Å²) in [4.78, 5) is 0. The molecule has 0 aliphatic rings. The largest absolute Gasteiger partial charge is 0.386 e. The Balaban J connectivity index is 2.45. The van der Waals surface area contributed by atoms with E-state index in [1.54, 1.807) is 0 Å². The molecule has 1 unspecified atom stereocenters. The standard InChI is InChI=1S/C13H20N2/c1-3-11(2)9-10-13(14)15-12-7-5-4-6-8-12/h4-8,10-11,15H,3,9,14H2,1-2H3/b13-10-. The Bertz CT molecular complexity index is 304. The molecule has 1 rings (SSSR count). The van der Waals surface area contributed by atoms with Crippen LogP contribution in [-0.4, -0.2) is 0 Å². The average Bonchev–Trinajstić information content (AvgIpc) is 2.27. The summed E-state index contributed by atoms with van der Waals surface area (Å²) >= 11 is 0. The van der Waals surface area contributed by atoms with Crippen LogP contribution in [0.15, 0.2) is 42.2 Å². The van der Waals surface area contributed by atoms with Crippen LogP contribution in [0.25, 0.3) is 0 Å². The lowest BCUT2D eigenvalue weighted by atomic mass is 10.1. The third kappa shape index (κ3) is 4.54. The Labute approximate surface area is 92.2 Å². The van der Waals surface area contributed by atoms with Crippen LogP contribution >= 0.6 is 0 Å². The van der Waals surface area contributed by atoms with Crippen molar-refractivity contribution in [3.63, 3.8) is 0 Å². The van der Waals surface area contributed by atoms with Gasteiger partial charge in [-0.2, -0.15) is 0 Å². The SMILES string of the molecule is CCC(C)C/C=C(/N)Nc1ccccc1. The highest BCUT2D eigenvalue weighted by Crippen LogP contribution is 2.10. The quantitative estimate of drug-likeness (QED) is 0.772. The summed E-state index contributed by atoms with van der Waals surface area (Å²) in [7, 11) is 0. The summed E-state index contributed by atoms with van der Waals surface area (Å²) in [5.41, 5.74) is 6.90. The van der Waals surface area contributed by atoms with Crippen LogP contribution < -0.4 is 11.1 Å². The molecule has 3 N–H and O–H groups in total. The molecule has 0 amide bonds. The first-order valence-corrected chi connectivity index (χ1v) is 5.50. The number of hydrogen-bond acceptors (Lipinski definition) is 2. The highest BCUT2D eigenvalue weighted by Gasteiger charge is 1.96. The topological polar surface area (TPSA) is 38.0 Å². The van der Waals surface area contributed by atoms with Crippen LogP contribution in [0.4, 0.5) is 5.69 Å². The number of nitrogens with two attached hydrogens (primary N) is 1. The van der Waals surface area contributed by atoms with Gasteiger partial charge in [-0.3, -0.25) is 0 Å². The first-order chi connectivity index (χ1) is 7.22. The van der Waals surface area contributed by atoms with Gasteiger partial charge in [0.1, 0.15) is 0 Å². The number of benzene rings is 1. The highest BCUT2D eigenvalue weighted by molar-refractivity contribution is 5.46. The van der Waals surface area contributed by atoms with E-state index in [9.17, 15) is 0 Å².